The van der Waals surface area contributed by atoms with E-state index in [0.29, 0.717) is 5.92 Å². The molecule has 0 saturated heterocycles. The van der Waals surface area contributed by atoms with Gasteiger partial charge in [0.25, 0.3) is 0 Å². The van der Waals surface area contributed by atoms with Crippen molar-refractivity contribution in [1.82, 2.24) is 5.32 Å². The van der Waals surface area contributed by atoms with Crippen LogP contribution in [0.25, 0.3) is 0 Å². The van der Waals surface area contributed by atoms with E-state index in [9.17, 15) is 0 Å². The number of hydrogen-bond acceptors (Lipinski definition) is 2. The lowest BCUT2D eigenvalue weighted by Gasteiger charge is -2.06. The van der Waals surface area contributed by atoms with E-state index < -0.39 is 0 Å². The van der Waals surface area contributed by atoms with Crippen molar-refractivity contribution >= 4 is 27.3 Å². The minimum atomic E-state index is 0.622. The van der Waals surface area contributed by atoms with Gasteiger partial charge in [0, 0.05) is 17.3 Å². The Balaban J connectivity index is 2.60. The lowest BCUT2D eigenvalue weighted by Crippen LogP contribution is -2.13. The highest BCUT2D eigenvalue weighted by Gasteiger charge is 2.05. The minimum absolute atomic E-state index is 0.622. The first kappa shape index (κ1) is 9.23. The molecule has 1 nitrogen and oxygen atoms in total. The molecule has 1 aromatic heterocycles. The maximum absolute atomic E-state index is 3.45. The van der Waals surface area contributed by atoms with Gasteiger partial charge in [-0.05, 0) is 35.1 Å². The zero-order valence-electron chi connectivity index (χ0n) is 6.73. The van der Waals surface area contributed by atoms with E-state index in [4.69, 9.17) is 0 Å². The first-order chi connectivity index (χ1) is 5.24. The van der Waals surface area contributed by atoms with E-state index in [1.165, 1.54) is 8.66 Å². The molecule has 0 aliphatic rings. The van der Waals surface area contributed by atoms with E-state index >= 15 is 0 Å². The number of halogens is 1. The van der Waals surface area contributed by atoms with E-state index in [1.54, 1.807) is 0 Å². The Bertz CT molecular complexity index is 222. The quantitative estimate of drug-likeness (QED) is 0.847. The van der Waals surface area contributed by atoms with E-state index in [1.807, 2.05) is 18.4 Å². The third kappa shape index (κ3) is 2.58. The van der Waals surface area contributed by atoms with Crippen molar-refractivity contribution in [1.29, 1.82) is 0 Å². The predicted octanol–water partition coefficient (Wildman–Crippen LogP) is 2.83. The largest absolute Gasteiger partial charge is 0.319 e. The Morgan fingerprint density at radius 3 is 2.82 bits per heavy atom. The average Bonchev–Trinajstić information content (AvgIpc) is 2.36. The van der Waals surface area contributed by atoms with Crippen molar-refractivity contribution in [3.63, 3.8) is 0 Å². The van der Waals surface area contributed by atoms with Gasteiger partial charge in [0.1, 0.15) is 0 Å². The molecule has 11 heavy (non-hydrogen) atoms. The number of hydrogen-bond donors (Lipinski definition) is 1. The van der Waals surface area contributed by atoms with Crippen molar-refractivity contribution in [3.8, 4) is 0 Å². The van der Waals surface area contributed by atoms with Crippen LogP contribution in [0.2, 0.25) is 0 Å². The molecule has 0 bridgehead atoms. The lowest BCUT2D eigenvalue weighted by atomic mass is 10.1. The fraction of sp³-hybridized carbons (Fsp3) is 0.500. The summed E-state index contributed by atoms with van der Waals surface area (Å²) in [5.74, 6) is 0.622. The molecule has 0 aliphatic heterocycles. The second kappa shape index (κ2) is 4.24. The third-order valence-corrected chi connectivity index (χ3v) is 3.45. The normalized spacial score (nSPS) is 13.4. The first-order valence-electron chi connectivity index (χ1n) is 3.64. The summed E-state index contributed by atoms with van der Waals surface area (Å²) in [7, 11) is 1.99. The average molecular weight is 234 g/mol. The van der Waals surface area contributed by atoms with Crippen LogP contribution in [0.3, 0.4) is 0 Å². The standard InChI is InChI=1S/C8H12BrNS/c1-6(5-10-2)7-3-4-8(9)11-7/h3-4,6,10H,5H2,1-2H3. The smallest absolute Gasteiger partial charge is 0.0701 e. The van der Waals surface area contributed by atoms with Crippen LogP contribution in [-0.4, -0.2) is 13.6 Å². The Labute approximate surface area is 79.9 Å². The molecule has 0 amide bonds. The highest BCUT2D eigenvalue weighted by Crippen LogP contribution is 2.27. The summed E-state index contributed by atoms with van der Waals surface area (Å²) in [6, 6.07) is 4.28. The topological polar surface area (TPSA) is 12.0 Å². The maximum Gasteiger partial charge on any atom is 0.0701 e. The molecule has 0 spiro atoms. The molecule has 3 heteroatoms. The lowest BCUT2D eigenvalue weighted by molar-refractivity contribution is 0.687. The van der Waals surface area contributed by atoms with Crippen LogP contribution in [-0.2, 0) is 0 Å². The van der Waals surface area contributed by atoms with E-state index in [2.05, 4.69) is 40.3 Å². The van der Waals surface area contributed by atoms with Crippen molar-refractivity contribution in [2.45, 2.75) is 12.8 Å². The van der Waals surface area contributed by atoms with Crippen molar-refractivity contribution in [2.75, 3.05) is 13.6 Å². The van der Waals surface area contributed by atoms with Gasteiger partial charge in [-0.1, -0.05) is 6.92 Å². The van der Waals surface area contributed by atoms with Crippen molar-refractivity contribution in [2.24, 2.45) is 0 Å². The second-order valence-corrected chi connectivity index (χ2v) is 5.10. The van der Waals surface area contributed by atoms with Crippen LogP contribution in [0.5, 0.6) is 0 Å². The van der Waals surface area contributed by atoms with Gasteiger partial charge in [-0.15, -0.1) is 11.3 Å². The van der Waals surface area contributed by atoms with Crippen LogP contribution in [0.4, 0.5) is 0 Å². The molecule has 1 heterocycles. The summed E-state index contributed by atoms with van der Waals surface area (Å²) in [5, 5.41) is 3.17. The summed E-state index contributed by atoms with van der Waals surface area (Å²) in [6.07, 6.45) is 0. The van der Waals surface area contributed by atoms with Crippen molar-refractivity contribution in [3.05, 3.63) is 20.8 Å². The Hall–Kier alpha value is 0.140. The van der Waals surface area contributed by atoms with Crippen molar-refractivity contribution < 1.29 is 0 Å². The second-order valence-electron chi connectivity index (χ2n) is 2.60. The summed E-state index contributed by atoms with van der Waals surface area (Å²) >= 11 is 5.26. The molecule has 0 fully saturated rings. The fourth-order valence-corrected chi connectivity index (χ4v) is 2.47. The summed E-state index contributed by atoms with van der Waals surface area (Å²) in [6.45, 7) is 3.28. The zero-order valence-corrected chi connectivity index (χ0v) is 9.13. The summed E-state index contributed by atoms with van der Waals surface area (Å²) < 4.78 is 1.22. The molecule has 0 radical (unpaired) electrons. The number of rotatable bonds is 3. The molecule has 0 aromatic carbocycles. The van der Waals surface area contributed by atoms with Gasteiger partial charge in [-0.2, -0.15) is 0 Å². The minimum Gasteiger partial charge on any atom is -0.319 e. The summed E-state index contributed by atoms with van der Waals surface area (Å²) in [5.41, 5.74) is 0. The van der Waals surface area contributed by atoms with Crippen LogP contribution in [0.1, 0.15) is 17.7 Å². The van der Waals surface area contributed by atoms with Gasteiger partial charge < -0.3 is 5.32 Å². The Morgan fingerprint density at radius 1 is 1.64 bits per heavy atom. The molecule has 1 unspecified atom stereocenters. The van der Waals surface area contributed by atoms with Gasteiger partial charge in [0.15, 0.2) is 0 Å². The number of thiophene rings is 1. The summed E-state index contributed by atoms with van der Waals surface area (Å²) in [4.78, 5) is 1.44. The van der Waals surface area contributed by atoms with Gasteiger partial charge in [-0.25, -0.2) is 0 Å². The molecular weight excluding hydrogens is 222 g/mol. The molecule has 1 rings (SSSR count). The van der Waals surface area contributed by atoms with Gasteiger partial charge in [0.2, 0.25) is 0 Å². The maximum atomic E-state index is 3.45. The number of nitrogens with one attached hydrogen (secondary N) is 1. The van der Waals surface area contributed by atoms with Crippen LogP contribution in [0, 0.1) is 0 Å². The predicted molar refractivity (Wildman–Crippen MR) is 54.4 cm³/mol. The highest BCUT2D eigenvalue weighted by atomic mass is 79.9. The fourth-order valence-electron chi connectivity index (χ4n) is 1.000. The third-order valence-electron chi connectivity index (χ3n) is 1.59. The zero-order chi connectivity index (χ0) is 8.27. The molecule has 62 valence electrons. The molecule has 1 aromatic rings. The van der Waals surface area contributed by atoms with Gasteiger partial charge in [0.05, 0.1) is 3.79 Å². The highest BCUT2D eigenvalue weighted by molar-refractivity contribution is 9.11. The van der Waals surface area contributed by atoms with Crippen LogP contribution < -0.4 is 5.32 Å². The Morgan fingerprint density at radius 2 is 2.36 bits per heavy atom. The van der Waals surface area contributed by atoms with E-state index in [0.717, 1.165) is 6.54 Å². The Kier molecular flexibility index (Phi) is 3.55. The number of likely N-dealkylation sites (N-methyl/N-ethyl adjacent to an activating group) is 1. The van der Waals surface area contributed by atoms with E-state index in [-0.39, 0.29) is 0 Å². The van der Waals surface area contributed by atoms with Gasteiger partial charge >= 0.3 is 0 Å². The first-order valence-corrected chi connectivity index (χ1v) is 5.25. The van der Waals surface area contributed by atoms with Crippen LogP contribution >= 0.6 is 27.3 Å². The van der Waals surface area contributed by atoms with Gasteiger partial charge in [-0.3, -0.25) is 0 Å². The monoisotopic (exact) mass is 233 g/mol. The molecular formula is C8H12BrNS. The molecule has 0 saturated carbocycles. The van der Waals surface area contributed by atoms with Crippen LogP contribution in [0.15, 0.2) is 15.9 Å². The SMILES string of the molecule is CNCC(C)c1ccc(Br)s1. The molecule has 1 atom stereocenters. The molecule has 1 N–H and O–H groups in total. The molecule has 0 aliphatic carbocycles.